The molecule has 0 saturated carbocycles. The van der Waals surface area contributed by atoms with Crippen molar-refractivity contribution < 1.29 is 19.4 Å². The number of hydrogen-bond acceptors (Lipinski definition) is 4. The van der Waals surface area contributed by atoms with Gasteiger partial charge in [-0.3, -0.25) is 4.79 Å². The minimum absolute atomic E-state index is 0.131. The van der Waals surface area contributed by atoms with Crippen molar-refractivity contribution in [2.75, 3.05) is 20.4 Å². The van der Waals surface area contributed by atoms with Crippen LogP contribution in [0, 0.1) is 0 Å². The molecule has 0 aromatic heterocycles. The summed E-state index contributed by atoms with van der Waals surface area (Å²) in [7, 11) is 1.89. The number of ether oxygens (including phenoxy) is 2. The Bertz CT molecular complexity index is 445. The highest BCUT2D eigenvalue weighted by Gasteiger charge is 2.17. The second-order valence-corrected chi connectivity index (χ2v) is 4.22. The number of aryl methyl sites for hydroxylation is 1. The molecule has 1 aromatic rings. The van der Waals surface area contributed by atoms with E-state index < -0.39 is 5.97 Å². The fourth-order valence-electron chi connectivity index (χ4n) is 1.99. The number of hydrogen-bond donors (Lipinski definition) is 2. The molecule has 1 aliphatic heterocycles. The summed E-state index contributed by atoms with van der Waals surface area (Å²) in [6.45, 7) is 1.09. The molecule has 0 saturated heterocycles. The van der Waals surface area contributed by atoms with Gasteiger partial charge < -0.3 is 19.9 Å². The van der Waals surface area contributed by atoms with Crippen molar-refractivity contribution in [1.29, 1.82) is 0 Å². The van der Waals surface area contributed by atoms with Gasteiger partial charge in [0.1, 0.15) is 0 Å². The summed E-state index contributed by atoms with van der Waals surface area (Å²) in [5.41, 5.74) is 2.15. The minimum Gasteiger partial charge on any atom is -0.481 e. The van der Waals surface area contributed by atoms with Crippen LogP contribution in [0.1, 0.15) is 17.5 Å². The first-order chi connectivity index (χ1) is 8.70. The average molecular weight is 251 g/mol. The van der Waals surface area contributed by atoms with E-state index in [9.17, 15) is 4.79 Å². The number of carboxylic acid groups (broad SMARTS) is 1. The standard InChI is InChI=1S/C13H17NO4/c1-14-5-4-10-7-12-11(17-8-18-12)6-9(10)2-3-13(15)16/h6-7,14H,2-5,8H2,1H3,(H,15,16). The maximum atomic E-state index is 10.7. The van der Waals surface area contributed by atoms with Crippen LogP contribution in [0.25, 0.3) is 0 Å². The van der Waals surface area contributed by atoms with E-state index in [0.29, 0.717) is 12.2 Å². The molecule has 2 rings (SSSR count). The van der Waals surface area contributed by atoms with Gasteiger partial charge in [0.15, 0.2) is 11.5 Å². The third-order valence-electron chi connectivity index (χ3n) is 2.95. The molecular formula is C13H17NO4. The smallest absolute Gasteiger partial charge is 0.303 e. The van der Waals surface area contributed by atoms with Crippen LogP contribution in [-0.4, -0.2) is 31.5 Å². The molecule has 1 heterocycles. The lowest BCUT2D eigenvalue weighted by atomic mass is 9.99. The van der Waals surface area contributed by atoms with Crippen LogP contribution in [-0.2, 0) is 17.6 Å². The van der Waals surface area contributed by atoms with Crippen LogP contribution in [0.3, 0.4) is 0 Å². The van der Waals surface area contributed by atoms with Gasteiger partial charge in [-0.2, -0.15) is 0 Å². The predicted molar refractivity (Wildman–Crippen MR) is 66.2 cm³/mol. The van der Waals surface area contributed by atoms with Gasteiger partial charge in [-0.15, -0.1) is 0 Å². The highest BCUT2D eigenvalue weighted by Crippen LogP contribution is 2.35. The van der Waals surface area contributed by atoms with E-state index in [1.165, 1.54) is 0 Å². The van der Waals surface area contributed by atoms with Gasteiger partial charge >= 0.3 is 5.97 Å². The third-order valence-corrected chi connectivity index (χ3v) is 2.95. The molecule has 0 fully saturated rings. The number of benzene rings is 1. The Morgan fingerprint density at radius 2 is 1.89 bits per heavy atom. The Hall–Kier alpha value is -1.75. The second-order valence-electron chi connectivity index (χ2n) is 4.22. The number of fused-ring (bicyclic) bond motifs is 1. The zero-order chi connectivity index (χ0) is 13.0. The lowest BCUT2D eigenvalue weighted by Crippen LogP contribution is -2.12. The molecule has 0 atom stereocenters. The summed E-state index contributed by atoms with van der Waals surface area (Å²) in [6, 6.07) is 3.85. The van der Waals surface area contributed by atoms with Crippen LogP contribution in [0.5, 0.6) is 11.5 Å². The maximum absolute atomic E-state index is 10.7. The van der Waals surface area contributed by atoms with Crippen molar-refractivity contribution in [3.8, 4) is 11.5 Å². The monoisotopic (exact) mass is 251 g/mol. The Balaban J connectivity index is 2.20. The molecule has 1 aliphatic rings. The first-order valence-electron chi connectivity index (χ1n) is 5.98. The summed E-state index contributed by atoms with van der Waals surface area (Å²) in [5.74, 6) is 0.677. The number of carbonyl (C=O) groups is 1. The fourth-order valence-corrected chi connectivity index (χ4v) is 1.99. The number of nitrogens with one attached hydrogen (secondary N) is 1. The fraction of sp³-hybridized carbons (Fsp3) is 0.462. The summed E-state index contributed by atoms with van der Waals surface area (Å²) < 4.78 is 10.7. The van der Waals surface area contributed by atoms with Crippen LogP contribution < -0.4 is 14.8 Å². The molecule has 0 aliphatic carbocycles. The lowest BCUT2D eigenvalue weighted by Gasteiger charge is -2.10. The van der Waals surface area contributed by atoms with Gasteiger partial charge in [0.05, 0.1) is 0 Å². The van der Waals surface area contributed by atoms with E-state index in [-0.39, 0.29) is 13.2 Å². The topological polar surface area (TPSA) is 67.8 Å². The molecule has 0 spiro atoms. The van der Waals surface area contributed by atoms with Gasteiger partial charge in [-0.1, -0.05) is 0 Å². The van der Waals surface area contributed by atoms with E-state index in [4.69, 9.17) is 14.6 Å². The minimum atomic E-state index is -0.785. The average Bonchev–Trinajstić information content (AvgIpc) is 2.79. The molecular weight excluding hydrogens is 234 g/mol. The van der Waals surface area contributed by atoms with E-state index >= 15 is 0 Å². The Morgan fingerprint density at radius 3 is 2.44 bits per heavy atom. The molecule has 18 heavy (non-hydrogen) atoms. The zero-order valence-electron chi connectivity index (χ0n) is 10.4. The van der Waals surface area contributed by atoms with Gasteiger partial charge in [0.2, 0.25) is 6.79 Å². The highest BCUT2D eigenvalue weighted by atomic mass is 16.7. The number of carboxylic acids is 1. The third kappa shape index (κ3) is 2.92. The second kappa shape index (κ2) is 5.73. The first kappa shape index (κ1) is 12.7. The Labute approximate surface area is 106 Å². The van der Waals surface area contributed by atoms with E-state index in [2.05, 4.69) is 5.32 Å². The van der Waals surface area contributed by atoms with Crippen LogP contribution >= 0.6 is 0 Å². The number of aliphatic carboxylic acids is 1. The number of rotatable bonds is 6. The SMILES string of the molecule is CNCCc1cc2c(cc1CCC(=O)O)OCO2. The van der Waals surface area contributed by atoms with Gasteiger partial charge in [-0.25, -0.2) is 0 Å². The molecule has 5 heteroatoms. The summed E-state index contributed by atoms with van der Waals surface area (Å²) in [6.07, 6.45) is 1.50. The molecule has 0 amide bonds. The molecule has 0 bridgehead atoms. The van der Waals surface area contributed by atoms with Crippen molar-refractivity contribution in [1.82, 2.24) is 5.32 Å². The molecule has 0 unspecified atom stereocenters. The van der Waals surface area contributed by atoms with Crippen molar-refractivity contribution in [3.05, 3.63) is 23.3 Å². The van der Waals surface area contributed by atoms with Crippen LogP contribution in [0.15, 0.2) is 12.1 Å². The van der Waals surface area contributed by atoms with Crippen LogP contribution in [0.2, 0.25) is 0 Å². The Morgan fingerprint density at radius 1 is 1.28 bits per heavy atom. The Kier molecular flexibility index (Phi) is 4.04. The summed E-state index contributed by atoms with van der Waals surface area (Å²) >= 11 is 0. The zero-order valence-corrected chi connectivity index (χ0v) is 10.4. The predicted octanol–water partition coefficient (Wildman–Crippen LogP) is 1.19. The van der Waals surface area contributed by atoms with Crippen molar-refractivity contribution in [2.24, 2.45) is 0 Å². The molecule has 0 radical (unpaired) electrons. The molecule has 2 N–H and O–H groups in total. The van der Waals surface area contributed by atoms with E-state index in [0.717, 1.165) is 29.8 Å². The largest absolute Gasteiger partial charge is 0.481 e. The van der Waals surface area contributed by atoms with Crippen molar-refractivity contribution >= 4 is 5.97 Å². The summed E-state index contributed by atoms with van der Waals surface area (Å²) in [4.78, 5) is 10.7. The molecule has 1 aromatic carbocycles. The maximum Gasteiger partial charge on any atom is 0.303 e. The molecule has 98 valence electrons. The van der Waals surface area contributed by atoms with Gasteiger partial charge in [0.25, 0.3) is 0 Å². The highest BCUT2D eigenvalue weighted by molar-refractivity contribution is 5.67. The van der Waals surface area contributed by atoms with Gasteiger partial charge in [0, 0.05) is 6.42 Å². The first-order valence-corrected chi connectivity index (χ1v) is 5.98. The van der Waals surface area contributed by atoms with Gasteiger partial charge in [-0.05, 0) is 49.7 Å². The van der Waals surface area contributed by atoms with Crippen molar-refractivity contribution in [3.63, 3.8) is 0 Å². The van der Waals surface area contributed by atoms with Crippen molar-refractivity contribution in [2.45, 2.75) is 19.3 Å². The van der Waals surface area contributed by atoms with Crippen LogP contribution in [0.4, 0.5) is 0 Å². The quantitative estimate of drug-likeness (QED) is 0.795. The normalized spacial score (nSPS) is 12.7. The van der Waals surface area contributed by atoms with E-state index in [1.54, 1.807) is 0 Å². The van der Waals surface area contributed by atoms with E-state index in [1.807, 2.05) is 19.2 Å². The lowest BCUT2D eigenvalue weighted by molar-refractivity contribution is -0.136. The summed E-state index contributed by atoms with van der Waals surface area (Å²) in [5, 5.41) is 11.9. The number of likely N-dealkylation sites (N-methyl/N-ethyl adjacent to an activating group) is 1. The molecule has 5 nitrogen and oxygen atoms in total.